The van der Waals surface area contributed by atoms with E-state index in [4.69, 9.17) is 4.42 Å². The molecule has 3 aromatic heterocycles. The summed E-state index contributed by atoms with van der Waals surface area (Å²) in [4.78, 5) is 18.0. The lowest BCUT2D eigenvalue weighted by Gasteiger charge is -2.22. The van der Waals surface area contributed by atoms with Crippen molar-refractivity contribution in [1.29, 1.82) is 0 Å². The Hall–Kier alpha value is -4.11. The number of aromatic nitrogens is 5. The third-order valence-electron chi connectivity index (χ3n) is 5.96. The Balaban J connectivity index is 1.45. The molecule has 0 bridgehead atoms. The Bertz CT molecular complexity index is 1470. The monoisotopic (exact) mass is 472 g/mol. The van der Waals surface area contributed by atoms with E-state index in [0.29, 0.717) is 37.6 Å². The zero-order valence-corrected chi connectivity index (χ0v) is 19.3. The van der Waals surface area contributed by atoms with Crippen LogP contribution in [0.4, 0.5) is 4.39 Å². The molecule has 5 aromatic rings. The van der Waals surface area contributed by atoms with Crippen LogP contribution in [0.25, 0.3) is 10.9 Å². The summed E-state index contributed by atoms with van der Waals surface area (Å²) in [5.41, 5.74) is 3.43. The van der Waals surface area contributed by atoms with Crippen LogP contribution in [0.5, 0.6) is 0 Å². The summed E-state index contributed by atoms with van der Waals surface area (Å²) in [7, 11) is 0. The SMILES string of the molecule is CCc1ccc2[nH]c(=O)c(CN(Cc3ccc(F)cc3)Cc3nnnn3Cc3ccco3)cc2c1. The number of nitrogens with one attached hydrogen (secondary N) is 1. The number of aromatic amines is 1. The number of H-pyrrole nitrogens is 1. The van der Waals surface area contributed by atoms with Gasteiger partial charge in [-0.1, -0.05) is 25.1 Å². The first kappa shape index (κ1) is 22.7. The normalized spacial score (nSPS) is 11.5. The summed E-state index contributed by atoms with van der Waals surface area (Å²) in [6.07, 6.45) is 2.52. The molecule has 0 aliphatic rings. The standard InChI is InChI=1S/C26H25FN6O2/c1-2-18-7-10-24-20(12-18)13-21(26(34)28-24)15-32(14-19-5-8-22(27)9-6-19)17-25-29-30-31-33(25)16-23-4-3-11-35-23/h3-13H,2,14-17H2,1H3,(H,28,34). The summed E-state index contributed by atoms with van der Waals surface area (Å²) < 4.78 is 20.6. The van der Waals surface area contributed by atoms with Crippen LogP contribution in [-0.4, -0.2) is 30.1 Å². The summed E-state index contributed by atoms with van der Waals surface area (Å²) >= 11 is 0. The second-order valence-corrected chi connectivity index (χ2v) is 8.50. The molecule has 35 heavy (non-hydrogen) atoms. The van der Waals surface area contributed by atoms with Crippen LogP contribution in [0.15, 0.2) is 76.1 Å². The Kier molecular flexibility index (Phi) is 6.49. The second-order valence-electron chi connectivity index (χ2n) is 8.50. The molecule has 0 saturated carbocycles. The average molecular weight is 473 g/mol. The Morgan fingerprint density at radius 2 is 1.86 bits per heavy atom. The molecule has 1 N–H and O–H groups in total. The summed E-state index contributed by atoms with van der Waals surface area (Å²) in [6, 6.07) is 18.0. The number of rotatable bonds is 9. The van der Waals surface area contributed by atoms with E-state index < -0.39 is 0 Å². The van der Waals surface area contributed by atoms with Crippen molar-refractivity contribution in [3.63, 3.8) is 0 Å². The highest BCUT2D eigenvalue weighted by Gasteiger charge is 2.17. The van der Waals surface area contributed by atoms with Crippen molar-refractivity contribution in [1.82, 2.24) is 30.1 Å². The molecule has 0 aliphatic heterocycles. The van der Waals surface area contributed by atoms with Gasteiger partial charge in [0.2, 0.25) is 0 Å². The topological polar surface area (TPSA) is 92.8 Å². The molecule has 178 valence electrons. The van der Waals surface area contributed by atoms with Gasteiger partial charge in [-0.15, -0.1) is 5.10 Å². The van der Waals surface area contributed by atoms with E-state index in [1.54, 1.807) is 23.1 Å². The molecular weight excluding hydrogens is 447 g/mol. The molecule has 0 radical (unpaired) electrons. The van der Waals surface area contributed by atoms with Crippen LogP contribution < -0.4 is 5.56 Å². The molecule has 0 fully saturated rings. The smallest absolute Gasteiger partial charge is 0.252 e. The van der Waals surface area contributed by atoms with E-state index in [2.05, 4.69) is 38.4 Å². The Morgan fingerprint density at radius 3 is 2.63 bits per heavy atom. The largest absolute Gasteiger partial charge is 0.467 e. The van der Waals surface area contributed by atoms with Crippen molar-refractivity contribution in [2.75, 3.05) is 0 Å². The fraction of sp³-hybridized carbons (Fsp3) is 0.231. The van der Waals surface area contributed by atoms with Gasteiger partial charge in [-0.3, -0.25) is 9.69 Å². The number of aryl methyl sites for hydroxylation is 1. The van der Waals surface area contributed by atoms with E-state index in [1.165, 1.54) is 17.7 Å². The van der Waals surface area contributed by atoms with Crippen molar-refractivity contribution in [3.05, 3.63) is 111 Å². The fourth-order valence-electron chi connectivity index (χ4n) is 4.10. The predicted molar refractivity (Wildman–Crippen MR) is 129 cm³/mol. The number of tetrazole rings is 1. The lowest BCUT2D eigenvalue weighted by Crippen LogP contribution is -2.28. The number of benzene rings is 2. The molecule has 0 saturated heterocycles. The maximum atomic E-state index is 13.5. The highest BCUT2D eigenvalue weighted by atomic mass is 19.1. The van der Waals surface area contributed by atoms with Crippen molar-refractivity contribution in [2.45, 2.75) is 39.5 Å². The number of hydrogen-bond donors (Lipinski definition) is 1. The summed E-state index contributed by atoms with van der Waals surface area (Å²) in [6.45, 7) is 3.74. The summed E-state index contributed by atoms with van der Waals surface area (Å²) in [5, 5.41) is 13.1. The summed E-state index contributed by atoms with van der Waals surface area (Å²) in [5.74, 6) is 1.08. The van der Waals surface area contributed by atoms with Crippen LogP contribution >= 0.6 is 0 Å². The lowest BCUT2D eigenvalue weighted by molar-refractivity contribution is 0.235. The first-order chi connectivity index (χ1) is 17.1. The molecule has 0 aliphatic carbocycles. The number of nitrogens with zero attached hydrogens (tertiary/aromatic N) is 5. The minimum atomic E-state index is -0.291. The van der Waals surface area contributed by atoms with Crippen LogP contribution in [0.2, 0.25) is 0 Å². The highest BCUT2D eigenvalue weighted by Crippen LogP contribution is 2.17. The average Bonchev–Trinajstić information content (AvgIpc) is 3.53. The molecule has 0 atom stereocenters. The van der Waals surface area contributed by atoms with Gasteiger partial charge in [0, 0.05) is 24.2 Å². The van der Waals surface area contributed by atoms with Crippen molar-refractivity contribution in [3.8, 4) is 0 Å². The molecule has 0 amide bonds. The minimum Gasteiger partial charge on any atom is -0.467 e. The third kappa shape index (κ3) is 5.36. The Morgan fingerprint density at radius 1 is 1.03 bits per heavy atom. The first-order valence-corrected chi connectivity index (χ1v) is 11.5. The van der Waals surface area contributed by atoms with Gasteiger partial charge in [0.25, 0.3) is 5.56 Å². The Labute approximate surface area is 201 Å². The van der Waals surface area contributed by atoms with Crippen molar-refractivity contribution in [2.24, 2.45) is 0 Å². The van der Waals surface area contributed by atoms with Gasteiger partial charge in [0.1, 0.15) is 18.1 Å². The van der Waals surface area contributed by atoms with Gasteiger partial charge in [-0.2, -0.15) is 0 Å². The lowest BCUT2D eigenvalue weighted by atomic mass is 10.1. The molecule has 0 spiro atoms. The van der Waals surface area contributed by atoms with Gasteiger partial charge < -0.3 is 9.40 Å². The molecule has 8 nitrogen and oxygen atoms in total. The van der Waals surface area contributed by atoms with Gasteiger partial charge in [-0.25, -0.2) is 9.07 Å². The fourth-order valence-corrected chi connectivity index (χ4v) is 4.10. The van der Waals surface area contributed by atoms with E-state index >= 15 is 0 Å². The van der Waals surface area contributed by atoms with Gasteiger partial charge in [0.15, 0.2) is 5.82 Å². The van der Waals surface area contributed by atoms with E-state index in [0.717, 1.165) is 28.6 Å². The van der Waals surface area contributed by atoms with Crippen LogP contribution in [0.1, 0.15) is 35.2 Å². The molecule has 5 rings (SSSR count). The zero-order chi connectivity index (χ0) is 24.2. The van der Waals surface area contributed by atoms with Crippen molar-refractivity contribution >= 4 is 10.9 Å². The van der Waals surface area contributed by atoms with Crippen LogP contribution in [0.3, 0.4) is 0 Å². The maximum absolute atomic E-state index is 13.5. The van der Waals surface area contributed by atoms with Gasteiger partial charge in [-0.05, 0) is 75.8 Å². The number of hydrogen-bond acceptors (Lipinski definition) is 6. The maximum Gasteiger partial charge on any atom is 0.252 e. The minimum absolute atomic E-state index is 0.138. The molecule has 3 heterocycles. The van der Waals surface area contributed by atoms with E-state index in [-0.39, 0.29) is 11.4 Å². The highest BCUT2D eigenvalue weighted by molar-refractivity contribution is 5.79. The number of furan rings is 1. The van der Waals surface area contributed by atoms with Crippen molar-refractivity contribution < 1.29 is 8.81 Å². The van der Waals surface area contributed by atoms with E-state index in [1.807, 2.05) is 30.3 Å². The second kappa shape index (κ2) is 10.0. The quantitative estimate of drug-likeness (QED) is 0.348. The van der Waals surface area contributed by atoms with Gasteiger partial charge >= 0.3 is 0 Å². The first-order valence-electron chi connectivity index (χ1n) is 11.5. The van der Waals surface area contributed by atoms with E-state index in [9.17, 15) is 9.18 Å². The molecule has 0 unspecified atom stereocenters. The molecule has 2 aromatic carbocycles. The number of pyridine rings is 1. The third-order valence-corrected chi connectivity index (χ3v) is 5.96. The van der Waals surface area contributed by atoms with Gasteiger partial charge in [0.05, 0.1) is 12.8 Å². The molecule has 9 heteroatoms. The van der Waals surface area contributed by atoms with Crippen LogP contribution in [0, 0.1) is 5.82 Å². The number of fused-ring (bicyclic) bond motifs is 1. The molecular formula is C26H25FN6O2. The number of halogens is 1. The predicted octanol–water partition coefficient (Wildman–Crippen LogP) is 4.06. The zero-order valence-electron chi connectivity index (χ0n) is 19.3. The van der Waals surface area contributed by atoms with Crippen LogP contribution in [-0.2, 0) is 32.6 Å².